The Labute approximate surface area is 196 Å². The van der Waals surface area contributed by atoms with Gasteiger partial charge < -0.3 is 9.30 Å². The van der Waals surface area contributed by atoms with Crippen molar-refractivity contribution in [2.45, 2.75) is 58.5 Å². The van der Waals surface area contributed by atoms with Crippen molar-refractivity contribution in [2.24, 2.45) is 12.1 Å². The number of aromatic nitrogens is 1. The highest BCUT2D eigenvalue weighted by molar-refractivity contribution is 6.03. The van der Waals surface area contributed by atoms with Crippen molar-refractivity contribution in [3.05, 3.63) is 58.9 Å². The molecule has 1 amide bonds. The van der Waals surface area contributed by atoms with Crippen LogP contribution in [-0.4, -0.2) is 57.8 Å². The van der Waals surface area contributed by atoms with Crippen LogP contribution in [0, 0.1) is 13.8 Å². The third-order valence-corrected chi connectivity index (χ3v) is 6.84. The van der Waals surface area contributed by atoms with Crippen LogP contribution in [0.5, 0.6) is 0 Å². The van der Waals surface area contributed by atoms with Crippen LogP contribution in [0.4, 0.5) is 0 Å². The topological polar surface area (TPSA) is 67.1 Å². The molecule has 7 heteroatoms. The number of benzene rings is 1. The maximum atomic E-state index is 13.6. The number of ether oxygens (including phenoxy) is 1. The van der Waals surface area contributed by atoms with E-state index in [9.17, 15) is 9.59 Å². The summed E-state index contributed by atoms with van der Waals surface area (Å²) in [6.07, 6.45) is 5.33. The normalized spacial score (nSPS) is 21.2. The van der Waals surface area contributed by atoms with Crippen LogP contribution in [0.15, 0.2) is 41.6 Å². The van der Waals surface area contributed by atoms with Gasteiger partial charge in [0.05, 0.1) is 18.9 Å². The number of carbonyl (C=O) groups excluding carboxylic acids is 2. The molecule has 2 aromatic rings. The standard InChI is InChI=1S/C26H34N4O3/c1-5-33-26(32)23-9-6-7-14-29(23)17-25(31)30-24(22-10-8-13-28(22)4)16-21(27-30)20-12-11-18(2)19(3)15-20/h8,10-13,15,23-24H,5-7,9,14,16-17H2,1-4H3/t23-,24+/m0/s1. The second-order valence-electron chi connectivity index (χ2n) is 9.08. The van der Waals surface area contributed by atoms with E-state index in [1.54, 1.807) is 5.01 Å². The molecule has 3 heterocycles. The molecule has 2 atom stereocenters. The minimum atomic E-state index is -0.359. The molecular weight excluding hydrogens is 416 g/mol. The van der Waals surface area contributed by atoms with E-state index in [4.69, 9.17) is 9.84 Å². The van der Waals surface area contributed by atoms with E-state index in [0.29, 0.717) is 19.6 Å². The van der Waals surface area contributed by atoms with E-state index in [2.05, 4.69) is 32.0 Å². The van der Waals surface area contributed by atoms with E-state index in [1.165, 1.54) is 11.1 Å². The number of piperidine rings is 1. The van der Waals surface area contributed by atoms with Crippen molar-refractivity contribution in [1.29, 1.82) is 0 Å². The average molecular weight is 451 g/mol. The van der Waals surface area contributed by atoms with Gasteiger partial charge in [-0.3, -0.25) is 14.5 Å². The number of esters is 1. The highest BCUT2D eigenvalue weighted by atomic mass is 16.5. The Morgan fingerprint density at radius 3 is 2.67 bits per heavy atom. The molecule has 7 nitrogen and oxygen atoms in total. The molecule has 4 rings (SSSR count). The zero-order chi connectivity index (χ0) is 23.5. The molecule has 0 saturated carbocycles. The maximum Gasteiger partial charge on any atom is 0.323 e. The van der Waals surface area contributed by atoms with Gasteiger partial charge in [0.15, 0.2) is 0 Å². The number of carbonyl (C=O) groups is 2. The fourth-order valence-electron chi connectivity index (χ4n) is 4.82. The minimum absolute atomic E-state index is 0.0868. The van der Waals surface area contributed by atoms with Crippen LogP contribution < -0.4 is 0 Å². The highest BCUT2D eigenvalue weighted by Crippen LogP contribution is 2.33. The molecule has 1 saturated heterocycles. The monoisotopic (exact) mass is 450 g/mol. The third kappa shape index (κ3) is 4.88. The summed E-state index contributed by atoms with van der Waals surface area (Å²) < 4.78 is 7.32. The van der Waals surface area contributed by atoms with E-state index in [1.807, 2.05) is 41.8 Å². The van der Waals surface area contributed by atoms with Crippen molar-refractivity contribution in [2.75, 3.05) is 19.7 Å². The SMILES string of the molecule is CCOC(=O)[C@@H]1CCCCN1CC(=O)N1N=C(c2ccc(C)c(C)c2)C[C@@H]1c1cccn1C. The molecule has 1 fully saturated rings. The summed E-state index contributed by atoms with van der Waals surface area (Å²) in [6.45, 7) is 7.23. The summed E-state index contributed by atoms with van der Waals surface area (Å²) in [5.41, 5.74) is 5.46. The van der Waals surface area contributed by atoms with Crippen molar-refractivity contribution < 1.29 is 14.3 Å². The van der Waals surface area contributed by atoms with Crippen LogP contribution in [0.25, 0.3) is 0 Å². The largest absolute Gasteiger partial charge is 0.465 e. The number of amides is 1. The second kappa shape index (κ2) is 9.91. The second-order valence-corrected chi connectivity index (χ2v) is 9.08. The Kier molecular flexibility index (Phi) is 6.98. The fourth-order valence-corrected chi connectivity index (χ4v) is 4.82. The van der Waals surface area contributed by atoms with Gasteiger partial charge in [-0.2, -0.15) is 5.10 Å². The van der Waals surface area contributed by atoms with Gasteiger partial charge >= 0.3 is 5.97 Å². The summed E-state index contributed by atoms with van der Waals surface area (Å²) in [5.74, 6) is -0.319. The van der Waals surface area contributed by atoms with Crippen LogP contribution in [0.2, 0.25) is 0 Å². The van der Waals surface area contributed by atoms with Crippen LogP contribution in [0.3, 0.4) is 0 Å². The Hall–Kier alpha value is -2.93. The fraction of sp³-hybridized carbons (Fsp3) is 0.500. The van der Waals surface area contributed by atoms with Crippen LogP contribution in [0.1, 0.15) is 61.0 Å². The number of hydrazone groups is 1. The molecule has 0 aliphatic carbocycles. The van der Waals surface area contributed by atoms with Crippen molar-refractivity contribution in [3.63, 3.8) is 0 Å². The van der Waals surface area contributed by atoms with Gasteiger partial charge in [-0.1, -0.05) is 18.6 Å². The zero-order valence-electron chi connectivity index (χ0n) is 20.1. The van der Waals surface area contributed by atoms with Gasteiger partial charge in [0, 0.05) is 25.4 Å². The Balaban J connectivity index is 1.60. The van der Waals surface area contributed by atoms with Crippen molar-refractivity contribution in [1.82, 2.24) is 14.5 Å². The minimum Gasteiger partial charge on any atom is -0.465 e. The van der Waals surface area contributed by atoms with E-state index in [-0.39, 0.29) is 30.5 Å². The van der Waals surface area contributed by atoms with E-state index < -0.39 is 0 Å². The van der Waals surface area contributed by atoms with Gasteiger partial charge in [0.25, 0.3) is 5.91 Å². The first kappa shape index (κ1) is 23.2. The number of nitrogens with zero attached hydrogens (tertiary/aromatic N) is 4. The Morgan fingerprint density at radius 2 is 1.97 bits per heavy atom. The highest BCUT2D eigenvalue weighted by Gasteiger charge is 2.37. The smallest absolute Gasteiger partial charge is 0.323 e. The Bertz CT molecular complexity index is 1060. The lowest BCUT2D eigenvalue weighted by Gasteiger charge is -2.34. The number of rotatable bonds is 6. The van der Waals surface area contributed by atoms with E-state index in [0.717, 1.165) is 36.2 Å². The Morgan fingerprint density at radius 1 is 1.15 bits per heavy atom. The first-order valence-corrected chi connectivity index (χ1v) is 11.9. The number of hydrogen-bond donors (Lipinski definition) is 0. The molecule has 2 aliphatic rings. The lowest BCUT2D eigenvalue weighted by molar-refractivity contribution is -0.152. The molecule has 176 valence electrons. The first-order valence-electron chi connectivity index (χ1n) is 11.9. The molecule has 1 aromatic carbocycles. The van der Waals surface area contributed by atoms with Crippen LogP contribution in [-0.2, 0) is 21.4 Å². The molecule has 2 aliphatic heterocycles. The van der Waals surface area contributed by atoms with E-state index >= 15 is 0 Å². The quantitative estimate of drug-likeness (QED) is 0.629. The third-order valence-electron chi connectivity index (χ3n) is 6.84. The lowest BCUT2D eigenvalue weighted by atomic mass is 9.98. The predicted octanol–water partition coefficient (Wildman–Crippen LogP) is 3.74. The summed E-state index contributed by atoms with van der Waals surface area (Å²) in [6, 6.07) is 9.85. The summed E-state index contributed by atoms with van der Waals surface area (Å²) >= 11 is 0. The predicted molar refractivity (Wildman–Crippen MR) is 128 cm³/mol. The summed E-state index contributed by atoms with van der Waals surface area (Å²) in [4.78, 5) is 28.0. The van der Waals surface area contributed by atoms with Gasteiger partial charge in [-0.25, -0.2) is 5.01 Å². The van der Waals surface area contributed by atoms with Gasteiger partial charge in [0.2, 0.25) is 0 Å². The van der Waals surface area contributed by atoms with Crippen molar-refractivity contribution >= 4 is 17.6 Å². The van der Waals surface area contributed by atoms with Gasteiger partial charge in [-0.05, 0) is 75.0 Å². The molecule has 0 spiro atoms. The number of aryl methyl sites for hydroxylation is 3. The zero-order valence-corrected chi connectivity index (χ0v) is 20.1. The summed E-state index contributed by atoms with van der Waals surface area (Å²) in [7, 11) is 1.99. The lowest BCUT2D eigenvalue weighted by Crippen LogP contribution is -2.49. The van der Waals surface area contributed by atoms with Gasteiger partial charge in [-0.15, -0.1) is 0 Å². The summed E-state index contributed by atoms with van der Waals surface area (Å²) in [5, 5.41) is 6.46. The molecule has 1 aromatic heterocycles. The molecule has 0 bridgehead atoms. The van der Waals surface area contributed by atoms with Crippen LogP contribution >= 0.6 is 0 Å². The van der Waals surface area contributed by atoms with Crippen molar-refractivity contribution in [3.8, 4) is 0 Å². The first-order chi connectivity index (χ1) is 15.9. The molecule has 0 N–H and O–H groups in total. The molecule has 0 unspecified atom stereocenters. The average Bonchev–Trinajstić information content (AvgIpc) is 3.42. The number of likely N-dealkylation sites (tertiary alicyclic amines) is 1. The maximum absolute atomic E-state index is 13.6. The van der Waals surface area contributed by atoms with Gasteiger partial charge in [0.1, 0.15) is 12.1 Å². The molecule has 33 heavy (non-hydrogen) atoms. The molecule has 0 radical (unpaired) electrons. The molecular formula is C26H34N4O3. The number of hydrogen-bond acceptors (Lipinski definition) is 5.